The van der Waals surface area contributed by atoms with Crippen molar-refractivity contribution in [1.29, 1.82) is 0 Å². The first-order chi connectivity index (χ1) is 12.8. The van der Waals surface area contributed by atoms with Crippen LogP contribution in [0.5, 0.6) is 0 Å². The molecule has 0 fully saturated rings. The number of fused-ring (bicyclic) bond motifs is 1. The summed E-state index contributed by atoms with van der Waals surface area (Å²) in [5, 5.41) is 6.94. The van der Waals surface area contributed by atoms with Crippen molar-refractivity contribution >= 4 is 28.6 Å². The van der Waals surface area contributed by atoms with Gasteiger partial charge in [-0.3, -0.25) is 23.6 Å². The van der Waals surface area contributed by atoms with Crippen LogP contribution in [0.4, 0.5) is 5.69 Å². The first-order valence-corrected chi connectivity index (χ1v) is 8.29. The van der Waals surface area contributed by atoms with Gasteiger partial charge in [-0.25, -0.2) is 4.98 Å². The zero-order valence-corrected chi connectivity index (χ0v) is 15.2. The lowest BCUT2D eigenvalue weighted by atomic mass is 10.2. The summed E-state index contributed by atoms with van der Waals surface area (Å²) >= 11 is 0. The van der Waals surface area contributed by atoms with Crippen molar-refractivity contribution in [2.45, 2.75) is 26.5 Å². The second-order valence-corrected chi connectivity index (χ2v) is 6.17. The van der Waals surface area contributed by atoms with Crippen LogP contribution in [0.2, 0.25) is 0 Å². The minimum Gasteiger partial charge on any atom is -0.451 e. The Morgan fingerprint density at radius 2 is 1.96 bits per heavy atom. The summed E-state index contributed by atoms with van der Waals surface area (Å²) in [6.45, 7) is 3.06. The summed E-state index contributed by atoms with van der Waals surface area (Å²) in [4.78, 5) is 40.7. The molecular formula is C18H19N5O4. The number of benzene rings is 1. The number of rotatable bonds is 5. The standard InChI is InChI=1S/C18H19N5O4/c1-11-4-6-13(7-5-11)21-17(25)12(2)27-15(24)9-23-10-19-16-14(18(23)26)8-20-22(16)3/h4-8,10,12H,9H2,1-3H3,(H,21,25). The number of amides is 1. The number of esters is 1. The predicted octanol–water partition coefficient (Wildman–Crippen LogP) is 1.01. The Labute approximate surface area is 154 Å². The third kappa shape index (κ3) is 4.02. The molecule has 0 aliphatic rings. The molecule has 2 aromatic heterocycles. The lowest BCUT2D eigenvalue weighted by Gasteiger charge is -2.14. The van der Waals surface area contributed by atoms with E-state index in [2.05, 4.69) is 15.4 Å². The van der Waals surface area contributed by atoms with E-state index in [4.69, 9.17) is 4.74 Å². The van der Waals surface area contributed by atoms with Gasteiger partial charge < -0.3 is 10.1 Å². The molecule has 0 aliphatic carbocycles. The molecule has 0 bridgehead atoms. The molecule has 140 valence electrons. The van der Waals surface area contributed by atoms with Crippen molar-refractivity contribution in [3.8, 4) is 0 Å². The molecule has 2 heterocycles. The van der Waals surface area contributed by atoms with Crippen LogP contribution >= 0.6 is 0 Å². The number of carbonyl (C=O) groups is 2. The van der Waals surface area contributed by atoms with Crippen LogP contribution in [-0.4, -0.2) is 37.3 Å². The van der Waals surface area contributed by atoms with E-state index in [-0.39, 0.29) is 6.54 Å². The minimum atomic E-state index is -1.01. The van der Waals surface area contributed by atoms with Crippen LogP contribution in [0, 0.1) is 6.92 Å². The highest BCUT2D eigenvalue weighted by Crippen LogP contribution is 2.10. The number of ether oxygens (including phenoxy) is 1. The number of nitrogens with one attached hydrogen (secondary N) is 1. The molecule has 0 saturated heterocycles. The van der Waals surface area contributed by atoms with Crippen molar-refractivity contribution in [3.63, 3.8) is 0 Å². The number of aromatic nitrogens is 4. The number of carbonyl (C=O) groups excluding carboxylic acids is 2. The number of nitrogens with zero attached hydrogens (tertiary/aromatic N) is 4. The van der Waals surface area contributed by atoms with Gasteiger partial charge in [0.25, 0.3) is 11.5 Å². The Morgan fingerprint density at radius 3 is 2.67 bits per heavy atom. The summed E-state index contributed by atoms with van der Waals surface area (Å²) in [6.07, 6.45) is 1.64. The topological polar surface area (TPSA) is 108 Å². The van der Waals surface area contributed by atoms with Gasteiger partial charge in [0.05, 0.1) is 6.20 Å². The monoisotopic (exact) mass is 369 g/mol. The third-order valence-electron chi connectivity index (χ3n) is 4.01. The van der Waals surface area contributed by atoms with Gasteiger partial charge >= 0.3 is 5.97 Å². The highest BCUT2D eigenvalue weighted by molar-refractivity contribution is 5.95. The molecule has 27 heavy (non-hydrogen) atoms. The average Bonchev–Trinajstić information content (AvgIpc) is 3.01. The van der Waals surface area contributed by atoms with E-state index in [0.717, 1.165) is 10.1 Å². The summed E-state index contributed by atoms with van der Waals surface area (Å²) in [5.41, 5.74) is 1.70. The largest absolute Gasteiger partial charge is 0.451 e. The molecule has 0 aliphatic heterocycles. The maximum atomic E-state index is 12.3. The molecule has 3 rings (SSSR count). The van der Waals surface area contributed by atoms with Crippen molar-refractivity contribution in [1.82, 2.24) is 19.3 Å². The van der Waals surface area contributed by atoms with E-state index < -0.39 is 23.5 Å². The zero-order chi connectivity index (χ0) is 19.6. The molecular weight excluding hydrogens is 350 g/mol. The highest BCUT2D eigenvalue weighted by atomic mass is 16.5. The van der Waals surface area contributed by atoms with Gasteiger partial charge in [-0.2, -0.15) is 5.10 Å². The Morgan fingerprint density at radius 1 is 1.26 bits per heavy atom. The molecule has 1 amide bonds. The second kappa shape index (κ2) is 7.40. The zero-order valence-electron chi connectivity index (χ0n) is 15.2. The molecule has 1 N–H and O–H groups in total. The molecule has 9 heteroatoms. The van der Waals surface area contributed by atoms with Crippen molar-refractivity contribution in [2.75, 3.05) is 5.32 Å². The quantitative estimate of drug-likeness (QED) is 0.673. The van der Waals surface area contributed by atoms with Gasteiger partial charge in [-0.05, 0) is 26.0 Å². The number of hydrogen-bond donors (Lipinski definition) is 1. The molecule has 1 aromatic carbocycles. The van der Waals surface area contributed by atoms with Gasteiger partial charge in [-0.15, -0.1) is 0 Å². The Hall–Kier alpha value is -3.49. The summed E-state index contributed by atoms with van der Waals surface area (Å²) in [6, 6.07) is 7.24. The molecule has 3 aromatic rings. The van der Waals surface area contributed by atoms with Gasteiger partial charge in [0, 0.05) is 12.7 Å². The molecule has 1 unspecified atom stereocenters. The minimum absolute atomic E-state index is 0.304. The van der Waals surface area contributed by atoms with Crippen LogP contribution in [-0.2, 0) is 27.9 Å². The van der Waals surface area contributed by atoms with E-state index >= 15 is 0 Å². The Balaban J connectivity index is 1.63. The third-order valence-corrected chi connectivity index (χ3v) is 4.01. The van der Waals surface area contributed by atoms with Gasteiger partial charge in [0.1, 0.15) is 18.3 Å². The SMILES string of the molecule is Cc1ccc(NC(=O)C(C)OC(=O)Cn2cnc3c(cnn3C)c2=O)cc1. The summed E-state index contributed by atoms with van der Waals surface area (Å²) in [5.74, 6) is -1.17. The van der Waals surface area contributed by atoms with Crippen molar-refractivity contribution in [3.05, 3.63) is 52.7 Å². The lowest BCUT2D eigenvalue weighted by molar-refractivity contribution is -0.153. The summed E-state index contributed by atoms with van der Waals surface area (Å²) < 4.78 is 7.72. The van der Waals surface area contributed by atoms with Crippen LogP contribution < -0.4 is 10.9 Å². The molecule has 0 spiro atoms. The lowest BCUT2D eigenvalue weighted by Crippen LogP contribution is -2.33. The van der Waals surface area contributed by atoms with Crippen LogP contribution in [0.3, 0.4) is 0 Å². The maximum Gasteiger partial charge on any atom is 0.326 e. The number of aryl methyl sites for hydroxylation is 2. The van der Waals surface area contributed by atoms with Crippen LogP contribution in [0.25, 0.3) is 11.0 Å². The smallest absolute Gasteiger partial charge is 0.326 e. The maximum absolute atomic E-state index is 12.3. The van der Waals surface area contributed by atoms with E-state index in [0.29, 0.717) is 16.7 Å². The normalized spacial score (nSPS) is 12.0. The fraction of sp³-hybridized carbons (Fsp3) is 0.278. The highest BCUT2D eigenvalue weighted by Gasteiger charge is 2.19. The fourth-order valence-electron chi connectivity index (χ4n) is 2.49. The van der Waals surface area contributed by atoms with Crippen LogP contribution in [0.15, 0.2) is 41.6 Å². The van der Waals surface area contributed by atoms with E-state index in [1.807, 2.05) is 19.1 Å². The van der Waals surface area contributed by atoms with Crippen molar-refractivity contribution in [2.24, 2.45) is 7.05 Å². The van der Waals surface area contributed by atoms with E-state index in [1.54, 1.807) is 19.2 Å². The Kier molecular flexibility index (Phi) is 5.02. The first kappa shape index (κ1) is 18.3. The molecule has 0 radical (unpaired) electrons. The fourth-order valence-corrected chi connectivity index (χ4v) is 2.49. The molecule has 9 nitrogen and oxygen atoms in total. The van der Waals surface area contributed by atoms with Gasteiger partial charge in [0.2, 0.25) is 0 Å². The van der Waals surface area contributed by atoms with E-state index in [9.17, 15) is 14.4 Å². The molecule has 0 saturated carbocycles. The average molecular weight is 369 g/mol. The predicted molar refractivity (Wildman–Crippen MR) is 98.1 cm³/mol. The first-order valence-electron chi connectivity index (χ1n) is 8.29. The van der Waals surface area contributed by atoms with Crippen LogP contribution in [0.1, 0.15) is 12.5 Å². The van der Waals surface area contributed by atoms with E-state index in [1.165, 1.54) is 24.1 Å². The summed E-state index contributed by atoms with van der Waals surface area (Å²) in [7, 11) is 1.67. The second-order valence-electron chi connectivity index (χ2n) is 6.17. The number of anilines is 1. The van der Waals surface area contributed by atoms with Gasteiger partial charge in [-0.1, -0.05) is 17.7 Å². The van der Waals surface area contributed by atoms with Crippen molar-refractivity contribution < 1.29 is 14.3 Å². The Bertz CT molecular complexity index is 1050. The number of hydrogen-bond acceptors (Lipinski definition) is 6. The molecule has 1 atom stereocenters. The van der Waals surface area contributed by atoms with Gasteiger partial charge in [0.15, 0.2) is 11.8 Å².